The zero-order chi connectivity index (χ0) is 20.8. The Hall–Kier alpha value is -3.26. The van der Waals surface area contributed by atoms with E-state index in [0.717, 1.165) is 28.7 Å². The van der Waals surface area contributed by atoms with Gasteiger partial charge in [0.15, 0.2) is 0 Å². The summed E-state index contributed by atoms with van der Waals surface area (Å²) in [4.78, 5) is 14.3. The summed E-state index contributed by atoms with van der Waals surface area (Å²) >= 11 is 0. The number of aryl methyl sites for hydroxylation is 1. The van der Waals surface area contributed by atoms with Crippen molar-refractivity contribution < 1.29 is 22.0 Å². The summed E-state index contributed by atoms with van der Waals surface area (Å²) < 4.78 is 54.8. The van der Waals surface area contributed by atoms with Gasteiger partial charge in [-0.05, 0) is 49.4 Å². The second-order valence-electron chi connectivity index (χ2n) is 6.68. The zero-order valence-corrected chi connectivity index (χ0v) is 16.2. The molecule has 1 heterocycles. The first-order valence-electron chi connectivity index (χ1n) is 8.75. The van der Waals surface area contributed by atoms with Gasteiger partial charge in [0.05, 0.1) is 17.9 Å². The highest BCUT2D eigenvalue weighted by atomic mass is 32.2. The molecule has 0 radical (unpaired) electrons. The van der Waals surface area contributed by atoms with Crippen molar-refractivity contribution in [2.24, 2.45) is 0 Å². The van der Waals surface area contributed by atoms with Crippen LogP contribution in [0, 0.1) is 18.6 Å². The summed E-state index contributed by atoms with van der Waals surface area (Å²) in [5.74, 6) is -1.34. The summed E-state index contributed by atoms with van der Waals surface area (Å²) in [5.41, 5.74) is 1.12. The van der Waals surface area contributed by atoms with E-state index in [9.17, 15) is 22.0 Å². The summed E-state index contributed by atoms with van der Waals surface area (Å²) in [7, 11) is -4.17. The number of sulfonamides is 1. The molecule has 148 valence electrons. The van der Waals surface area contributed by atoms with Gasteiger partial charge in [-0.3, -0.25) is 4.90 Å². The third kappa shape index (κ3) is 3.25. The monoisotopic (exact) mass is 414 g/mol. The van der Waals surface area contributed by atoms with Crippen molar-refractivity contribution >= 4 is 27.4 Å². The highest BCUT2D eigenvalue weighted by Crippen LogP contribution is 2.38. The molecule has 0 fully saturated rings. The Morgan fingerprint density at radius 1 is 0.931 bits per heavy atom. The molecule has 3 aromatic carbocycles. The quantitative estimate of drug-likeness (QED) is 0.629. The van der Waals surface area contributed by atoms with Crippen LogP contribution < -0.4 is 9.21 Å². The molecule has 0 atom stereocenters. The van der Waals surface area contributed by atoms with Crippen LogP contribution in [-0.4, -0.2) is 14.4 Å². The fraction of sp³-hybridized carbons (Fsp3) is 0.0952. The Labute approximate surface area is 166 Å². The van der Waals surface area contributed by atoms with Crippen molar-refractivity contribution in [3.8, 4) is 0 Å². The van der Waals surface area contributed by atoms with E-state index in [1.165, 1.54) is 24.3 Å². The summed E-state index contributed by atoms with van der Waals surface area (Å²) in [6, 6.07) is 14.5. The van der Waals surface area contributed by atoms with Gasteiger partial charge in [-0.25, -0.2) is 22.0 Å². The van der Waals surface area contributed by atoms with Crippen LogP contribution in [0.4, 0.5) is 25.0 Å². The van der Waals surface area contributed by atoms with E-state index in [0.29, 0.717) is 4.31 Å². The number of para-hydroxylation sites is 1. The molecule has 0 aliphatic carbocycles. The Balaban J connectivity index is 1.88. The molecule has 0 saturated carbocycles. The lowest BCUT2D eigenvalue weighted by atomic mass is 10.1. The molecule has 3 aromatic rings. The van der Waals surface area contributed by atoms with Crippen LogP contribution in [0.15, 0.2) is 71.6 Å². The number of amides is 2. The molecule has 1 aliphatic heterocycles. The van der Waals surface area contributed by atoms with E-state index < -0.39 is 27.7 Å². The van der Waals surface area contributed by atoms with Crippen LogP contribution in [0.3, 0.4) is 0 Å². The number of halogens is 2. The van der Waals surface area contributed by atoms with E-state index in [2.05, 4.69) is 0 Å². The molecule has 5 nitrogen and oxygen atoms in total. The van der Waals surface area contributed by atoms with Gasteiger partial charge in [-0.1, -0.05) is 29.8 Å². The minimum atomic E-state index is -4.17. The first kappa shape index (κ1) is 19.1. The second-order valence-corrected chi connectivity index (χ2v) is 8.43. The molecule has 0 bridgehead atoms. The molecular formula is C21H16F2N2O3S. The van der Waals surface area contributed by atoms with Crippen molar-refractivity contribution in [1.29, 1.82) is 0 Å². The van der Waals surface area contributed by atoms with Crippen molar-refractivity contribution in [2.45, 2.75) is 18.4 Å². The number of nitrogens with zero attached hydrogens (tertiary/aromatic N) is 2. The summed E-state index contributed by atoms with van der Waals surface area (Å²) in [5, 5.41) is 0. The van der Waals surface area contributed by atoms with Crippen LogP contribution in [0.25, 0.3) is 0 Å². The first-order valence-corrected chi connectivity index (χ1v) is 10.2. The van der Waals surface area contributed by atoms with Crippen molar-refractivity contribution in [3.63, 3.8) is 0 Å². The molecule has 0 unspecified atom stereocenters. The maximum absolute atomic E-state index is 14.2. The van der Waals surface area contributed by atoms with Crippen LogP contribution in [0.2, 0.25) is 0 Å². The number of anilines is 2. The van der Waals surface area contributed by atoms with Crippen LogP contribution >= 0.6 is 0 Å². The number of carbonyl (C=O) groups excluding carboxylic acids is 1. The van der Waals surface area contributed by atoms with Crippen LogP contribution in [0.1, 0.15) is 11.1 Å². The van der Waals surface area contributed by atoms with E-state index in [4.69, 9.17) is 0 Å². The molecule has 0 aromatic heterocycles. The molecule has 0 spiro atoms. The Kier molecular flexibility index (Phi) is 4.58. The third-order valence-electron chi connectivity index (χ3n) is 4.68. The Bertz CT molecular complexity index is 1210. The number of hydrogen-bond donors (Lipinski definition) is 0. The molecule has 4 rings (SSSR count). The van der Waals surface area contributed by atoms with Gasteiger partial charge in [0, 0.05) is 5.56 Å². The van der Waals surface area contributed by atoms with Crippen LogP contribution in [-0.2, 0) is 16.6 Å². The lowest BCUT2D eigenvalue weighted by molar-refractivity contribution is 0.253. The number of hydrogen-bond acceptors (Lipinski definition) is 3. The van der Waals surface area contributed by atoms with E-state index in [1.54, 1.807) is 24.3 Å². The SMILES string of the molecule is Cc1ccc(N2C(=O)N(Cc3cc(F)ccc3F)c3ccccc3S2(=O)=O)cc1. The topological polar surface area (TPSA) is 57.7 Å². The van der Waals surface area contributed by atoms with Gasteiger partial charge >= 0.3 is 6.03 Å². The number of urea groups is 1. The largest absolute Gasteiger partial charge is 0.343 e. The van der Waals surface area contributed by atoms with Crippen molar-refractivity contribution in [2.75, 3.05) is 9.21 Å². The molecule has 0 N–H and O–H groups in total. The first-order chi connectivity index (χ1) is 13.8. The zero-order valence-electron chi connectivity index (χ0n) is 15.3. The maximum Gasteiger partial charge on any atom is 0.343 e. The third-order valence-corrected chi connectivity index (χ3v) is 6.43. The molecule has 0 saturated heterocycles. The maximum atomic E-state index is 14.2. The standard InChI is InChI=1S/C21H16F2N2O3S/c1-14-6-9-17(10-7-14)25-21(26)24(13-15-12-16(22)8-11-18(15)23)19-4-2-3-5-20(19)29(25,27)28/h2-12H,13H2,1H3. The molecular weight excluding hydrogens is 398 g/mol. The summed E-state index contributed by atoms with van der Waals surface area (Å²) in [6.07, 6.45) is 0. The average Bonchev–Trinajstić information content (AvgIpc) is 2.69. The number of fused-ring (bicyclic) bond motifs is 1. The van der Waals surface area contributed by atoms with Gasteiger partial charge < -0.3 is 0 Å². The smallest absolute Gasteiger partial charge is 0.287 e. The molecule has 29 heavy (non-hydrogen) atoms. The fourth-order valence-corrected chi connectivity index (χ4v) is 4.82. The number of carbonyl (C=O) groups is 1. The second kappa shape index (κ2) is 6.97. The predicted molar refractivity (Wildman–Crippen MR) is 105 cm³/mol. The minimum Gasteiger partial charge on any atom is -0.287 e. The minimum absolute atomic E-state index is 0.0590. The van der Waals surface area contributed by atoms with E-state index in [1.807, 2.05) is 6.92 Å². The number of rotatable bonds is 3. The Morgan fingerprint density at radius 2 is 1.62 bits per heavy atom. The predicted octanol–water partition coefficient (Wildman–Crippen LogP) is 4.61. The average molecular weight is 414 g/mol. The fourth-order valence-electron chi connectivity index (χ4n) is 3.23. The van der Waals surface area contributed by atoms with Gasteiger partial charge in [0.2, 0.25) is 0 Å². The van der Waals surface area contributed by atoms with E-state index >= 15 is 0 Å². The highest BCUT2D eigenvalue weighted by Gasteiger charge is 2.42. The highest BCUT2D eigenvalue weighted by molar-refractivity contribution is 7.94. The van der Waals surface area contributed by atoms with E-state index in [-0.39, 0.29) is 28.4 Å². The van der Waals surface area contributed by atoms with Gasteiger partial charge in [-0.2, -0.15) is 4.31 Å². The normalized spacial score (nSPS) is 15.3. The van der Waals surface area contributed by atoms with Crippen LogP contribution in [0.5, 0.6) is 0 Å². The van der Waals surface area contributed by atoms with Gasteiger partial charge in [-0.15, -0.1) is 0 Å². The summed E-state index contributed by atoms with van der Waals surface area (Å²) in [6.45, 7) is 1.52. The number of benzene rings is 3. The lowest BCUT2D eigenvalue weighted by Gasteiger charge is -2.36. The van der Waals surface area contributed by atoms with Crippen molar-refractivity contribution in [3.05, 3.63) is 89.5 Å². The molecule has 2 amide bonds. The van der Waals surface area contributed by atoms with Crippen molar-refractivity contribution in [1.82, 2.24) is 0 Å². The lowest BCUT2D eigenvalue weighted by Crippen LogP contribution is -2.50. The molecule has 8 heteroatoms. The van der Waals surface area contributed by atoms with Gasteiger partial charge in [0.25, 0.3) is 10.0 Å². The molecule has 1 aliphatic rings. The Morgan fingerprint density at radius 3 is 2.34 bits per heavy atom. The van der Waals surface area contributed by atoms with Gasteiger partial charge in [0.1, 0.15) is 16.5 Å².